The van der Waals surface area contributed by atoms with E-state index >= 15 is 0 Å². The van der Waals surface area contributed by atoms with Gasteiger partial charge in [-0.05, 0) is 57.6 Å². The second-order valence-corrected chi connectivity index (χ2v) is 9.94. The van der Waals surface area contributed by atoms with Gasteiger partial charge in [0.05, 0.1) is 17.9 Å². The number of nitrogens with zero attached hydrogens (tertiary/aromatic N) is 5. The summed E-state index contributed by atoms with van der Waals surface area (Å²) in [5.74, 6) is 0.0395. The Bertz CT molecular complexity index is 1250. The number of amides is 2. The van der Waals surface area contributed by atoms with E-state index in [2.05, 4.69) is 38.0 Å². The predicted molar refractivity (Wildman–Crippen MR) is 135 cm³/mol. The molecule has 3 heterocycles. The molecule has 0 radical (unpaired) electrons. The number of hydrogen-bond donors (Lipinski definition) is 3. The molecule has 4 rings (SSSR count). The van der Waals surface area contributed by atoms with Crippen molar-refractivity contribution in [3.63, 3.8) is 0 Å². The lowest BCUT2D eigenvalue weighted by molar-refractivity contribution is -0.119. The molecule has 1 aliphatic rings. The number of carbonyl (C=O) groups is 2. The molecule has 1 unspecified atom stereocenters. The Morgan fingerprint density at radius 3 is 2.53 bits per heavy atom. The van der Waals surface area contributed by atoms with Gasteiger partial charge in [-0.15, -0.1) is 0 Å². The number of nitrogens with one attached hydrogen (secondary N) is 3. The molecule has 1 saturated carbocycles. The Balaban J connectivity index is 1.51. The minimum Gasteiger partial charge on any atom is -0.339 e. The van der Waals surface area contributed by atoms with Crippen LogP contribution < -0.4 is 16.2 Å². The van der Waals surface area contributed by atoms with Gasteiger partial charge < -0.3 is 10.6 Å². The van der Waals surface area contributed by atoms with Gasteiger partial charge >= 0.3 is 0 Å². The van der Waals surface area contributed by atoms with Gasteiger partial charge in [0.25, 0.3) is 11.5 Å². The molecule has 2 amide bonds. The van der Waals surface area contributed by atoms with E-state index in [9.17, 15) is 14.4 Å². The van der Waals surface area contributed by atoms with E-state index in [1.807, 2.05) is 20.8 Å². The van der Waals surface area contributed by atoms with Crippen molar-refractivity contribution in [2.45, 2.75) is 71.5 Å². The summed E-state index contributed by atoms with van der Waals surface area (Å²) in [5.41, 5.74) is 1.14. The average Bonchev–Trinajstić information content (AvgIpc) is 3.53. The zero-order chi connectivity index (χ0) is 25.8. The summed E-state index contributed by atoms with van der Waals surface area (Å²) in [6.45, 7) is 7.96. The molecule has 192 valence electrons. The van der Waals surface area contributed by atoms with E-state index < -0.39 is 6.04 Å². The van der Waals surface area contributed by atoms with Crippen LogP contribution in [0.5, 0.6) is 0 Å². The molecule has 0 aliphatic heterocycles. The highest BCUT2D eigenvalue weighted by Gasteiger charge is 2.33. The Morgan fingerprint density at radius 1 is 1.08 bits per heavy atom. The van der Waals surface area contributed by atoms with E-state index in [-0.39, 0.29) is 35.4 Å². The largest absolute Gasteiger partial charge is 0.339 e. The van der Waals surface area contributed by atoms with Crippen LogP contribution in [0.3, 0.4) is 0 Å². The minimum atomic E-state index is -0.690. The van der Waals surface area contributed by atoms with Crippen molar-refractivity contribution < 1.29 is 9.59 Å². The summed E-state index contributed by atoms with van der Waals surface area (Å²) in [4.78, 5) is 38.8. The Hall–Kier alpha value is -3.76. The van der Waals surface area contributed by atoms with Crippen LogP contribution in [0.1, 0.15) is 81.5 Å². The summed E-state index contributed by atoms with van der Waals surface area (Å²) in [6, 6.07) is 2.28. The van der Waals surface area contributed by atoms with Crippen LogP contribution in [-0.2, 0) is 4.79 Å². The maximum atomic E-state index is 13.5. The van der Waals surface area contributed by atoms with Gasteiger partial charge in [-0.3, -0.25) is 23.7 Å². The number of aromatic nitrogens is 6. The maximum Gasteiger partial charge on any atom is 0.270 e. The van der Waals surface area contributed by atoms with E-state index in [0.717, 1.165) is 25.7 Å². The normalized spacial score (nSPS) is 19.6. The van der Waals surface area contributed by atoms with Crippen molar-refractivity contribution in [1.29, 1.82) is 0 Å². The van der Waals surface area contributed by atoms with E-state index in [1.165, 1.54) is 6.20 Å². The zero-order valence-corrected chi connectivity index (χ0v) is 21.1. The van der Waals surface area contributed by atoms with E-state index in [1.54, 1.807) is 40.1 Å². The highest BCUT2D eigenvalue weighted by molar-refractivity contribution is 6.00. The van der Waals surface area contributed by atoms with Crippen LogP contribution in [0.4, 0.5) is 5.69 Å². The summed E-state index contributed by atoms with van der Waals surface area (Å²) in [7, 11) is 0. The quantitative estimate of drug-likeness (QED) is 0.440. The van der Waals surface area contributed by atoms with Crippen LogP contribution >= 0.6 is 0 Å². The van der Waals surface area contributed by atoms with Crippen LogP contribution in [0.15, 0.2) is 41.7 Å². The van der Waals surface area contributed by atoms with Crippen molar-refractivity contribution >= 4 is 17.5 Å². The molecule has 2 atom stereocenters. The van der Waals surface area contributed by atoms with Crippen molar-refractivity contribution in [3.8, 4) is 0 Å². The number of rotatable bonds is 8. The molecule has 0 spiro atoms. The molecule has 0 saturated heterocycles. The van der Waals surface area contributed by atoms with Gasteiger partial charge in [-0.2, -0.15) is 15.3 Å². The van der Waals surface area contributed by atoms with Crippen LogP contribution in [-0.4, -0.2) is 47.6 Å². The Labute approximate surface area is 209 Å². The molecule has 0 aromatic carbocycles. The van der Waals surface area contributed by atoms with Gasteiger partial charge in [0, 0.05) is 30.2 Å². The fourth-order valence-electron chi connectivity index (χ4n) is 4.80. The van der Waals surface area contributed by atoms with Crippen LogP contribution in [0.2, 0.25) is 0 Å². The first-order valence-electron chi connectivity index (χ1n) is 12.5. The Morgan fingerprint density at radius 2 is 1.83 bits per heavy atom. The maximum absolute atomic E-state index is 13.5. The lowest BCUT2D eigenvalue weighted by Gasteiger charge is -2.32. The second-order valence-electron chi connectivity index (χ2n) is 9.94. The average molecular weight is 495 g/mol. The molecule has 1 fully saturated rings. The van der Waals surface area contributed by atoms with Crippen molar-refractivity contribution in [2.75, 3.05) is 5.32 Å². The summed E-state index contributed by atoms with van der Waals surface area (Å²) >= 11 is 0. The van der Waals surface area contributed by atoms with Gasteiger partial charge in [-0.25, -0.2) is 5.10 Å². The molecule has 11 nitrogen and oxygen atoms in total. The standard InChI is InChI=1S/C25H34N8O3/c1-15(2)33-21(10-12-27-33)24(35)30-22(18-7-5-16(3)6-8-18)25(36)29-19-13-28-32(14-19)17(4)20-9-11-26-31-23(20)34/h9-18,22H,5-8H2,1-4H3,(H,29,36)(H,30,35)(H,31,34)/t16-,17?,18-,22-/m0/s1. The molecule has 3 aromatic heterocycles. The van der Waals surface area contributed by atoms with Crippen molar-refractivity contribution in [3.05, 3.63) is 58.5 Å². The molecular weight excluding hydrogens is 460 g/mol. The molecule has 3 aromatic rings. The van der Waals surface area contributed by atoms with E-state index in [4.69, 9.17) is 0 Å². The van der Waals surface area contributed by atoms with Crippen molar-refractivity contribution in [2.24, 2.45) is 11.8 Å². The molecule has 1 aliphatic carbocycles. The van der Waals surface area contributed by atoms with E-state index in [0.29, 0.717) is 22.9 Å². The molecule has 36 heavy (non-hydrogen) atoms. The van der Waals surface area contributed by atoms with Crippen LogP contribution in [0, 0.1) is 11.8 Å². The second kappa shape index (κ2) is 10.9. The zero-order valence-electron chi connectivity index (χ0n) is 21.1. The lowest BCUT2D eigenvalue weighted by atomic mass is 9.79. The number of hydrogen-bond acceptors (Lipinski definition) is 6. The fraction of sp³-hybridized carbons (Fsp3) is 0.520. The summed E-state index contributed by atoms with van der Waals surface area (Å²) < 4.78 is 3.26. The monoisotopic (exact) mass is 494 g/mol. The summed E-state index contributed by atoms with van der Waals surface area (Å²) in [6.07, 6.45) is 10.1. The van der Waals surface area contributed by atoms with Crippen LogP contribution in [0.25, 0.3) is 0 Å². The van der Waals surface area contributed by atoms with Gasteiger partial charge in [0.2, 0.25) is 5.91 Å². The number of carbonyl (C=O) groups excluding carboxylic acids is 2. The molecule has 3 N–H and O–H groups in total. The van der Waals surface area contributed by atoms with Gasteiger partial charge in [-0.1, -0.05) is 19.8 Å². The summed E-state index contributed by atoms with van der Waals surface area (Å²) in [5, 5.41) is 20.6. The number of aromatic amines is 1. The van der Waals surface area contributed by atoms with Crippen molar-refractivity contribution in [1.82, 2.24) is 35.1 Å². The fourth-order valence-corrected chi connectivity index (χ4v) is 4.80. The van der Waals surface area contributed by atoms with Gasteiger partial charge in [0.1, 0.15) is 11.7 Å². The SMILES string of the molecule is CC(c1ccn[nH]c1=O)n1cc(NC(=O)[C@@H](NC(=O)c2ccnn2C(C)C)[C@H]2CC[C@H](C)CC2)cn1. The molecule has 0 bridgehead atoms. The predicted octanol–water partition coefficient (Wildman–Crippen LogP) is 2.92. The third kappa shape index (κ3) is 5.55. The molecular formula is C25H34N8O3. The Kier molecular flexibility index (Phi) is 7.66. The number of H-pyrrole nitrogens is 1. The highest BCUT2D eigenvalue weighted by Crippen LogP contribution is 2.31. The number of anilines is 1. The smallest absolute Gasteiger partial charge is 0.270 e. The van der Waals surface area contributed by atoms with Gasteiger partial charge in [0.15, 0.2) is 0 Å². The first-order chi connectivity index (χ1) is 17.2. The third-order valence-electron chi connectivity index (χ3n) is 6.97. The minimum absolute atomic E-state index is 0.0176. The topological polar surface area (TPSA) is 140 Å². The highest BCUT2D eigenvalue weighted by atomic mass is 16.2. The first kappa shape index (κ1) is 25.3. The lowest BCUT2D eigenvalue weighted by Crippen LogP contribution is -2.49. The first-order valence-corrected chi connectivity index (χ1v) is 12.5. The third-order valence-corrected chi connectivity index (χ3v) is 6.97. The molecule has 11 heteroatoms.